The van der Waals surface area contributed by atoms with E-state index in [4.69, 9.17) is 0 Å². The lowest BCUT2D eigenvalue weighted by Crippen LogP contribution is -2.23. The SMILES string of the molecule is CCCNC(=O)c1cnn2c(-c3cn(CC)nc3C)ccnc12. The summed E-state index contributed by atoms with van der Waals surface area (Å²) in [4.78, 5) is 16.5. The Balaban J connectivity index is 2.08. The number of hydrogen-bond acceptors (Lipinski definition) is 4. The average Bonchev–Trinajstić information content (AvgIpc) is 3.15. The Morgan fingerprint density at radius 3 is 2.87 bits per heavy atom. The minimum absolute atomic E-state index is 0.146. The lowest BCUT2D eigenvalue weighted by Gasteiger charge is -2.04. The third kappa shape index (κ3) is 2.69. The van der Waals surface area contributed by atoms with Crippen LogP contribution in [0.2, 0.25) is 0 Å². The number of nitrogens with zero attached hydrogens (tertiary/aromatic N) is 5. The van der Waals surface area contributed by atoms with Crippen molar-refractivity contribution in [1.82, 2.24) is 29.7 Å². The van der Waals surface area contributed by atoms with E-state index in [2.05, 4.69) is 20.5 Å². The molecule has 120 valence electrons. The van der Waals surface area contributed by atoms with Gasteiger partial charge in [0.1, 0.15) is 5.56 Å². The van der Waals surface area contributed by atoms with E-state index in [-0.39, 0.29) is 5.91 Å². The van der Waals surface area contributed by atoms with E-state index in [9.17, 15) is 4.79 Å². The molecule has 7 heteroatoms. The summed E-state index contributed by atoms with van der Waals surface area (Å²) in [5.74, 6) is -0.146. The average molecular weight is 312 g/mol. The predicted molar refractivity (Wildman–Crippen MR) is 87.2 cm³/mol. The molecule has 23 heavy (non-hydrogen) atoms. The normalized spacial score (nSPS) is 11.1. The van der Waals surface area contributed by atoms with Crippen molar-refractivity contribution in [1.29, 1.82) is 0 Å². The summed E-state index contributed by atoms with van der Waals surface area (Å²) in [6.45, 7) is 7.46. The highest BCUT2D eigenvalue weighted by atomic mass is 16.1. The number of fused-ring (bicyclic) bond motifs is 1. The molecule has 3 rings (SSSR count). The lowest BCUT2D eigenvalue weighted by molar-refractivity contribution is 0.0955. The highest BCUT2D eigenvalue weighted by Crippen LogP contribution is 2.23. The van der Waals surface area contributed by atoms with Gasteiger partial charge in [-0.15, -0.1) is 0 Å². The van der Waals surface area contributed by atoms with Crippen molar-refractivity contribution in [3.05, 3.63) is 35.9 Å². The van der Waals surface area contributed by atoms with Crippen LogP contribution < -0.4 is 5.32 Å². The van der Waals surface area contributed by atoms with Gasteiger partial charge < -0.3 is 5.32 Å². The van der Waals surface area contributed by atoms with E-state index in [0.29, 0.717) is 17.8 Å². The fourth-order valence-corrected chi connectivity index (χ4v) is 2.52. The molecule has 0 aliphatic heterocycles. The van der Waals surface area contributed by atoms with Crippen molar-refractivity contribution in [2.45, 2.75) is 33.7 Å². The van der Waals surface area contributed by atoms with Crippen LogP contribution in [-0.4, -0.2) is 36.8 Å². The Morgan fingerprint density at radius 1 is 1.35 bits per heavy atom. The first kappa shape index (κ1) is 15.2. The van der Waals surface area contributed by atoms with Gasteiger partial charge in [0.05, 0.1) is 17.6 Å². The van der Waals surface area contributed by atoms with Gasteiger partial charge in [0.15, 0.2) is 5.65 Å². The van der Waals surface area contributed by atoms with E-state index >= 15 is 0 Å². The minimum atomic E-state index is -0.146. The lowest BCUT2D eigenvalue weighted by atomic mass is 10.2. The second kappa shape index (κ2) is 6.20. The zero-order valence-electron chi connectivity index (χ0n) is 13.6. The van der Waals surface area contributed by atoms with Crippen molar-refractivity contribution in [2.24, 2.45) is 0 Å². The van der Waals surface area contributed by atoms with Gasteiger partial charge in [-0.05, 0) is 26.3 Å². The molecule has 0 aromatic carbocycles. The third-order valence-electron chi connectivity index (χ3n) is 3.73. The van der Waals surface area contributed by atoms with Gasteiger partial charge in [-0.2, -0.15) is 10.2 Å². The smallest absolute Gasteiger partial charge is 0.256 e. The third-order valence-corrected chi connectivity index (χ3v) is 3.73. The standard InChI is InChI=1S/C16H20N6O/c1-4-7-18-16(23)12-9-19-22-14(6-8-17-15(12)22)13-10-21(5-2)20-11(13)3/h6,8-10H,4-5,7H2,1-3H3,(H,18,23). The topological polar surface area (TPSA) is 77.1 Å². The Labute approximate surface area is 134 Å². The minimum Gasteiger partial charge on any atom is -0.352 e. The first-order valence-corrected chi connectivity index (χ1v) is 7.81. The monoisotopic (exact) mass is 312 g/mol. The van der Waals surface area contributed by atoms with Crippen LogP contribution in [0.1, 0.15) is 36.3 Å². The molecule has 0 saturated heterocycles. The summed E-state index contributed by atoms with van der Waals surface area (Å²) < 4.78 is 3.58. The molecule has 1 amide bonds. The van der Waals surface area contributed by atoms with Crippen molar-refractivity contribution in [3.8, 4) is 11.3 Å². The summed E-state index contributed by atoms with van der Waals surface area (Å²) in [5, 5.41) is 11.7. The maximum atomic E-state index is 12.2. The summed E-state index contributed by atoms with van der Waals surface area (Å²) in [5.41, 5.74) is 3.83. The van der Waals surface area contributed by atoms with Crippen LogP contribution in [0.3, 0.4) is 0 Å². The highest BCUT2D eigenvalue weighted by molar-refractivity contribution is 5.99. The molecule has 0 aliphatic carbocycles. The molecular formula is C16H20N6O. The molecule has 3 heterocycles. The maximum Gasteiger partial charge on any atom is 0.256 e. The predicted octanol–water partition coefficient (Wildman–Crippen LogP) is 2.06. The van der Waals surface area contributed by atoms with Crippen LogP contribution >= 0.6 is 0 Å². The number of hydrogen-bond donors (Lipinski definition) is 1. The number of carbonyl (C=O) groups is 1. The van der Waals surface area contributed by atoms with Gasteiger partial charge in [0.25, 0.3) is 5.91 Å². The van der Waals surface area contributed by atoms with Crippen LogP contribution in [-0.2, 0) is 6.54 Å². The quantitative estimate of drug-likeness (QED) is 0.782. The summed E-state index contributed by atoms with van der Waals surface area (Å²) in [7, 11) is 0. The van der Waals surface area contributed by atoms with Crippen LogP contribution in [0.5, 0.6) is 0 Å². The van der Waals surface area contributed by atoms with Crippen molar-refractivity contribution >= 4 is 11.6 Å². The number of carbonyl (C=O) groups excluding carboxylic acids is 1. The Hall–Kier alpha value is -2.70. The molecule has 0 bridgehead atoms. The van der Waals surface area contributed by atoms with Gasteiger partial charge in [-0.1, -0.05) is 6.92 Å². The largest absolute Gasteiger partial charge is 0.352 e. The van der Waals surface area contributed by atoms with Crippen LogP contribution in [0.15, 0.2) is 24.7 Å². The molecule has 0 aliphatic rings. The molecular weight excluding hydrogens is 292 g/mol. The second-order valence-corrected chi connectivity index (χ2v) is 5.36. The van der Waals surface area contributed by atoms with Gasteiger partial charge >= 0.3 is 0 Å². The summed E-state index contributed by atoms with van der Waals surface area (Å²) in [6, 6.07) is 1.89. The van der Waals surface area contributed by atoms with E-state index in [0.717, 1.165) is 29.9 Å². The molecule has 0 unspecified atom stereocenters. The fourth-order valence-electron chi connectivity index (χ4n) is 2.52. The zero-order chi connectivity index (χ0) is 16.4. The van der Waals surface area contributed by atoms with Gasteiger partial charge in [0.2, 0.25) is 0 Å². The van der Waals surface area contributed by atoms with E-state index in [1.54, 1.807) is 16.9 Å². The number of nitrogens with one attached hydrogen (secondary N) is 1. The molecule has 3 aromatic heterocycles. The maximum absolute atomic E-state index is 12.2. The van der Waals surface area contributed by atoms with E-state index < -0.39 is 0 Å². The number of amides is 1. The summed E-state index contributed by atoms with van der Waals surface area (Å²) >= 11 is 0. The first-order valence-electron chi connectivity index (χ1n) is 7.81. The molecule has 1 N–H and O–H groups in total. The van der Waals surface area contributed by atoms with Crippen molar-refractivity contribution < 1.29 is 4.79 Å². The molecule has 3 aromatic rings. The number of aryl methyl sites for hydroxylation is 2. The second-order valence-electron chi connectivity index (χ2n) is 5.36. The zero-order valence-corrected chi connectivity index (χ0v) is 13.6. The van der Waals surface area contributed by atoms with Crippen molar-refractivity contribution in [3.63, 3.8) is 0 Å². The molecule has 0 spiro atoms. The van der Waals surface area contributed by atoms with Crippen LogP contribution in [0.25, 0.3) is 16.9 Å². The van der Waals surface area contributed by atoms with E-state index in [1.807, 2.05) is 37.7 Å². The fraction of sp³-hybridized carbons (Fsp3) is 0.375. The molecule has 0 saturated carbocycles. The molecule has 0 radical (unpaired) electrons. The Bertz CT molecular complexity index is 847. The van der Waals surface area contributed by atoms with Crippen molar-refractivity contribution in [2.75, 3.05) is 6.54 Å². The highest BCUT2D eigenvalue weighted by Gasteiger charge is 2.17. The van der Waals surface area contributed by atoms with Gasteiger partial charge in [0, 0.05) is 31.0 Å². The van der Waals surface area contributed by atoms with Gasteiger partial charge in [-0.3, -0.25) is 9.48 Å². The Morgan fingerprint density at radius 2 is 2.17 bits per heavy atom. The van der Waals surface area contributed by atoms with Crippen LogP contribution in [0, 0.1) is 6.92 Å². The molecule has 7 nitrogen and oxygen atoms in total. The Kier molecular flexibility index (Phi) is 4.10. The molecule has 0 atom stereocenters. The number of rotatable bonds is 5. The summed E-state index contributed by atoms with van der Waals surface area (Å²) in [6.07, 6.45) is 6.14. The molecule has 0 fully saturated rings. The van der Waals surface area contributed by atoms with Crippen LogP contribution in [0.4, 0.5) is 0 Å². The first-order chi connectivity index (χ1) is 11.2. The van der Waals surface area contributed by atoms with E-state index in [1.165, 1.54) is 0 Å². The number of aromatic nitrogens is 5. The van der Waals surface area contributed by atoms with Gasteiger partial charge in [-0.25, -0.2) is 9.50 Å².